The van der Waals surface area contributed by atoms with Gasteiger partial charge < -0.3 is 0 Å². The predicted molar refractivity (Wildman–Crippen MR) is 99.8 cm³/mol. The number of rotatable bonds is 4. The van der Waals surface area contributed by atoms with Gasteiger partial charge in [-0.1, -0.05) is 30.7 Å². The molecule has 3 rings (SSSR count). The zero-order valence-corrected chi connectivity index (χ0v) is 15.6. The van der Waals surface area contributed by atoms with Gasteiger partial charge in [-0.15, -0.1) is 0 Å². The van der Waals surface area contributed by atoms with Gasteiger partial charge in [0.15, 0.2) is 0 Å². The minimum atomic E-state index is -3.88. The normalized spacial score (nSPS) is 11.8. The average molecular weight is 380 g/mol. The molecule has 0 atom stereocenters. The first-order valence-electron chi connectivity index (χ1n) is 7.71. The van der Waals surface area contributed by atoms with E-state index in [9.17, 15) is 13.2 Å². The highest BCUT2D eigenvalue weighted by molar-refractivity contribution is 7.92. The summed E-state index contributed by atoms with van der Waals surface area (Å²) in [5.41, 5.74) is 2.39. The zero-order valence-electron chi connectivity index (χ0n) is 14.1. The number of fused-ring (bicyclic) bond motifs is 1. The summed E-state index contributed by atoms with van der Waals surface area (Å²) >= 11 is 6.19. The summed E-state index contributed by atoms with van der Waals surface area (Å²) in [4.78, 5) is 12.0. The van der Waals surface area contributed by atoms with Crippen molar-refractivity contribution in [3.05, 3.63) is 57.5 Å². The fourth-order valence-electron chi connectivity index (χ4n) is 2.73. The van der Waals surface area contributed by atoms with E-state index in [1.165, 1.54) is 21.3 Å². The van der Waals surface area contributed by atoms with Gasteiger partial charge in [0.1, 0.15) is 4.90 Å². The lowest BCUT2D eigenvalue weighted by atomic mass is 10.2. The summed E-state index contributed by atoms with van der Waals surface area (Å²) in [5, 5.41) is 0.0615. The molecule has 0 unspecified atom stereocenters. The number of aryl methyl sites for hydroxylation is 3. The van der Waals surface area contributed by atoms with Crippen molar-refractivity contribution in [2.45, 2.75) is 18.2 Å². The Bertz CT molecular complexity index is 1110. The maximum atomic E-state index is 12.7. The van der Waals surface area contributed by atoms with Gasteiger partial charge in [-0.2, -0.15) is 0 Å². The topological polar surface area (TPSA) is 73.1 Å². The molecule has 0 aliphatic carbocycles. The van der Waals surface area contributed by atoms with Crippen LogP contribution in [0.3, 0.4) is 0 Å². The highest BCUT2D eigenvalue weighted by Gasteiger charge is 2.21. The molecular weight excluding hydrogens is 362 g/mol. The number of sulfonamides is 1. The molecule has 0 amide bonds. The third-order valence-electron chi connectivity index (χ3n) is 4.23. The maximum Gasteiger partial charge on any atom is 0.328 e. The van der Waals surface area contributed by atoms with Crippen molar-refractivity contribution in [3.63, 3.8) is 0 Å². The molecule has 0 aliphatic rings. The molecule has 1 heterocycles. The van der Waals surface area contributed by atoms with E-state index in [4.69, 9.17) is 11.6 Å². The SMILES string of the molecule is CCc1ccc(NS(=O)(=O)c2cc3c(cc2Cl)n(C)c(=O)n3C)cc1. The smallest absolute Gasteiger partial charge is 0.295 e. The van der Waals surface area contributed by atoms with Crippen molar-refractivity contribution >= 4 is 38.3 Å². The number of benzene rings is 2. The Hall–Kier alpha value is -2.25. The lowest BCUT2D eigenvalue weighted by Crippen LogP contribution is -2.19. The van der Waals surface area contributed by atoms with Crippen molar-refractivity contribution in [2.75, 3.05) is 4.72 Å². The van der Waals surface area contributed by atoms with E-state index in [0.29, 0.717) is 16.7 Å². The van der Waals surface area contributed by atoms with Gasteiger partial charge in [-0.3, -0.25) is 13.9 Å². The minimum Gasteiger partial charge on any atom is -0.295 e. The highest BCUT2D eigenvalue weighted by atomic mass is 35.5. The summed E-state index contributed by atoms with van der Waals surface area (Å²) in [5.74, 6) is 0. The largest absolute Gasteiger partial charge is 0.328 e. The van der Waals surface area contributed by atoms with E-state index >= 15 is 0 Å². The fourth-order valence-corrected chi connectivity index (χ4v) is 4.33. The van der Waals surface area contributed by atoms with Crippen molar-refractivity contribution in [1.82, 2.24) is 9.13 Å². The van der Waals surface area contributed by atoms with Crippen LogP contribution in [0.2, 0.25) is 5.02 Å². The van der Waals surface area contributed by atoms with E-state index in [-0.39, 0.29) is 15.6 Å². The van der Waals surface area contributed by atoms with Gasteiger partial charge in [0.05, 0.1) is 16.1 Å². The first kappa shape index (κ1) is 17.6. The third-order valence-corrected chi connectivity index (χ3v) is 6.08. The molecule has 1 aromatic heterocycles. The summed E-state index contributed by atoms with van der Waals surface area (Å²) < 4.78 is 30.8. The van der Waals surface area contributed by atoms with Crippen molar-refractivity contribution in [1.29, 1.82) is 0 Å². The number of anilines is 1. The Balaban J connectivity index is 2.08. The van der Waals surface area contributed by atoms with Gasteiger partial charge in [0.25, 0.3) is 10.0 Å². The fraction of sp³-hybridized carbons (Fsp3) is 0.235. The number of hydrogen-bond acceptors (Lipinski definition) is 3. The van der Waals surface area contributed by atoms with Gasteiger partial charge >= 0.3 is 5.69 Å². The molecule has 0 radical (unpaired) electrons. The van der Waals surface area contributed by atoms with Crippen LogP contribution in [-0.2, 0) is 30.5 Å². The summed E-state index contributed by atoms with van der Waals surface area (Å²) in [6.45, 7) is 2.03. The van der Waals surface area contributed by atoms with Crippen LogP contribution < -0.4 is 10.4 Å². The quantitative estimate of drug-likeness (QED) is 0.757. The molecule has 0 spiro atoms. The molecule has 25 heavy (non-hydrogen) atoms. The molecule has 8 heteroatoms. The second-order valence-corrected chi connectivity index (χ2v) is 7.89. The highest BCUT2D eigenvalue weighted by Crippen LogP contribution is 2.28. The summed E-state index contributed by atoms with van der Waals surface area (Å²) in [6.07, 6.45) is 0.873. The molecule has 6 nitrogen and oxygen atoms in total. The molecular formula is C17H18ClN3O3S. The van der Waals surface area contributed by atoms with Gasteiger partial charge in [0.2, 0.25) is 0 Å². The monoisotopic (exact) mass is 379 g/mol. The van der Waals surface area contributed by atoms with Crippen LogP contribution in [0.1, 0.15) is 12.5 Å². The Labute approximate surface area is 150 Å². The van der Waals surface area contributed by atoms with Gasteiger partial charge in [0, 0.05) is 19.8 Å². The van der Waals surface area contributed by atoms with Crippen LogP contribution in [0.25, 0.3) is 11.0 Å². The van der Waals surface area contributed by atoms with Crippen LogP contribution >= 0.6 is 11.6 Å². The molecule has 0 aliphatic heterocycles. The van der Waals surface area contributed by atoms with Crippen LogP contribution in [0.5, 0.6) is 0 Å². The zero-order chi connectivity index (χ0) is 18.4. The van der Waals surface area contributed by atoms with Crippen molar-refractivity contribution in [3.8, 4) is 0 Å². The van der Waals surface area contributed by atoms with E-state index in [1.807, 2.05) is 19.1 Å². The molecule has 0 saturated carbocycles. The van der Waals surface area contributed by atoms with E-state index in [1.54, 1.807) is 26.2 Å². The number of hydrogen-bond donors (Lipinski definition) is 1. The van der Waals surface area contributed by atoms with Crippen LogP contribution in [0.4, 0.5) is 5.69 Å². The van der Waals surface area contributed by atoms with Crippen LogP contribution in [0.15, 0.2) is 46.1 Å². The van der Waals surface area contributed by atoms with Crippen LogP contribution in [-0.4, -0.2) is 17.6 Å². The Kier molecular flexibility index (Phi) is 4.38. The molecule has 1 N–H and O–H groups in total. The number of nitrogens with zero attached hydrogens (tertiary/aromatic N) is 2. The van der Waals surface area contributed by atoms with E-state index < -0.39 is 10.0 Å². The van der Waals surface area contributed by atoms with E-state index in [2.05, 4.69) is 4.72 Å². The molecule has 3 aromatic rings. The standard InChI is InChI=1S/C17H18ClN3O3S/c1-4-11-5-7-12(8-6-11)19-25(23,24)16-10-15-14(9-13(16)18)20(2)17(22)21(15)3/h5-10,19H,4H2,1-3H3. The second kappa shape index (κ2) is 6.24. The Morgan fingerprint density at radius 1 is 1.04 bits per heavy atom. The lowest BCUT2D eigenvalue weighted by Gasteiger charge is -2.11. The Morgan fingerprint density at radius 2 is 1.60 bits per heavy atom. The molecule has 132 valence electrons. The lowest BCUT2D eigenvalue weighted by molar-refractivity contribution is 0.601. The number of aromatic nitrogens is 2. The molecule has 0 bridgehead atoms. The minimum absolute atomic E-state index is 0.0615. The van der Waals surface area contributed by atoms with Gasteiger partial charge in [-0.25, -0.2) is 13.2 Å². The summed E-state index contributed by atoms with van der Waals surface area (Å²) in [7, 11) is -0.679. The maximum absolute atomic E-state index is 12.7. The van der Waals surface area contributed by atoms with E-state index in [0.717, 1.165) is 12.0 Å². The van der Waals surface area contributed by atoms with Crippen LogP contribution in [0, 0.1) is 0 Å². The van der Waals surface area contributed by atoms with Crippen molar-refractivity contribution < 1.29 is 8.42 Å². The first-order chi connectivity index (χ1) is 11.7. The molecule has 0 saturated heterocycles. The van der Waals surface area contributed by atoms with Crippen molar-refractivity contribution in [2.24, 2.45) is 14.1 Å². The molecule has 2 aromatic carbocycles. The third kappa shape index (κ3) is 3.05. The molecule has 0 fully saturated rings. The number of imidazole rings is 1. The number of nitrogens with one attached hydrogen (secondary N) is 1. The average Bonchev–Trinajstić information content (AvgIpc) is 2.78. The predicted octanol–water partition coefficient (Wildman–Crippen LogP) is 2.89. The first-order valence-corrected chi connectivity index (χ1v) is 9.57. The second-order valence-electron chi connectivity index (χ2n) is 5.83. The Morgan fingerprint density at radius 3 is 2.16 bits per heavy atom. The van der Waals surface area contributed by atoms with Gasteiger partial charge in [-0.05, 0) is 36.2 Å². The summed E-state index contributed by atoms with van der Waals surface area (Å²) in [6, 6.07) is 10.1. The number of halogens is 1.